The number of urea groups is 1. The SMILES string of the molecule is Cc1ccc(OCCNC(=O)NC2CCSc3ccccc32)cc1. The van der Waals surface area contributed by atoms with Gasteiger partial charge in [0.05, 0.1) is 12.6 Å². The highest BCUT2D eigenvalue weighted by Gasteiger charge is 2.21. The quantitative estimate of drug-likeness (QED) is 0.810. The first kappa shape index (κ1) is 16.7. The Morgan fingerprint density at radius 2 is 2.00 bits per heavy atom. The third kappa shape index (κ3) is 4.45. The monoisotopic (exact) mass is 342 g/mol. The Morgan fingerprint density at radius 1 is 1.21 bits per heavy atom. The van der Waals surface area contributed by atoms with Gasteiger partial charge in [-0.1, -0.05) is 35.9 Å². The number of ether oxygens (including phenoxy) is 1. The largest absolute Gasteiger partial charge is 0.492 e. The maximum atomic E-state index is 12.1. The molecule has 1 heterocycles. The van der Waals surface area contributed by atoms with Crippen molar-refractivity contribution in [3.05, 3.63) is 59.7 Å². The van der Waals surface area contributed by atoms with Crippen molar-refractivity contribution in [1.29, 1.82) is 0 Å². The molecule has 2 N–H and O–H groups in total. The second-order valence-electron chi connectivity index (χ2n) is 5.79. The summed E-state index contributed by atoms with van der Waals surface area (Å²) >= 11 is 1.85. The van der Waals surface area contributed by atoms with E-state index < -0.39 is 0 Å². The van der Waals surface area contributed by atoms with Gasteiger partial charge < -0.3 is 15.4 Å². The van der Waals surface area contributed by atoms with Gasteiger partial charge >= 0.3 is 6.03 Å². The summed E-state index contributed by atoms with van der Waals surface area (Å²) in [5.41, 5.74) is 2.41. The maximum Gasteiger partial charge on any atom is 0.315 e. The molecular weight excluding hydrogens is 320 g/mol. The van der Waals surface area contributed by atoms with Gasteiger partial charge in [0.25, 0.3) is 0 Å². The number of carbonyl (C=O) groups is 1. The molecule has 5 heteroatoms. The summed E-state index contributed by atoms with van der Waals surface area (Å²) < 4.78 is 5.61. The average Bonchev–Trinajstić information content (AvgIpc) is 2.61. The number of fused-ring (bicyclic) bond motifs is 1. The molecule has 0 bridgehead atoms. The molecular formula is C19H22N2O2S. The number of carbonyl (C=O) groups excluding carboxylic acids is 1. The normalized spacial score (nSPS) is 16.1. The zero-order valence-corrected chi connectivity index (χ0v) is 14.6. The average molecular weight is 342 g/mol. The molecule has 1 aliphatic heterocycles. The molecule has 1 unspecified atom stereocenters. The number of hydrogen-bond acceptors (Lipinski definition) is 3. The first-order chi connectivity index (χ1) is 11.7. The van der Waals surface area contributed by atoms with E-state index in [2.05, 4.69) is 22.8 Å². The molecule has 0 fully saturated rings. The van der Waals surface area contributed by atoms with Crippen LogP contribution in [-0.2, 0) is 0 Å². The van der Waals surface area contributed by atoms with E-state index in [1.807, 2.05) is 55.1 Å². The molecule has 0 saturated carbocycles. The molecule has 0 aromatic heterocycles. The molecule has 1 atom stereocenters. The van der Waals surface area contributed by atoms with Gasteiger partial charge in [-0.3, -0.25) is 0 Å². The van der Waals surface area contributed by atoms with Crippen LogP contribution in [0, 0.1) is 6.92 Å². The first-order valence-corrected chi connectivity index (χ1v) is 9.16. The highest BCUT2D eigenvalue weighted by Crippen LogP contribution is 2.35. The van der Waals surface area contributed by atoms with Crippen LogP contribution in [0.1, 0.15) is 23.6 Å². The van der Waals surface area contributed by atoms with Gasteiger partial charge in [-0.2, -0.15) is 0 Å². The molecule has 2 aromatic rings. The Balaban J connectivity index is 1.42. The number of thioether (sulfide) groups is 1. The minimum absolute atomic E-state index is 0.0838. The zero-order valence-electron chi connectivity index (χ0n) is 13.7. The Hall–Kier alpha value is -2.14. The van der Waals surface area contributed by atoms with Crippen LogP contribution in [0.3, 0.4) is 0 Å². The molecule has 126 valence electrons. The molecule has 2 aromatic carbocycles. The van der Waals surface area contributed by atoms with Crippen LogP contribution in [0.2, 0.25) is 0 Å². The van der Waals surface area contributed by atoms with Crippen LogP contribution >= 0.6 is 11.8 Å². The molecule has 0 spiro atoms. The fourth-order valence-electron chi connectivity index (χ4n) is 2.67. The van der Waals surface area contributed by atoms with E-state index in [9.17, 15) is 4.79 Å². The predicted octanol–water partition coefficient (Wildman–Crippen LogP) is 3.91. The van der Waals surface area contributed by atoms with Gasteiger partial charge in [-0.05, 0) is 37.1 Å². The summed E-state index contributed by atoms with van der Waals surface area (Å²) in [5, 5.41) is 5.92. The van der Waals surface area contributed by atoms with E-state index in [1.54, 1.807) is 0 Å². The Kier molecular flexibility index (Phi) is 5.64. The smallest absolute Gasteiger partial charge is 0.315 e. The van der Waals surface area contributed by atoms with E-state index in [4.69, 9.17) is 4.74 Å². The topological polar surface area (TPSA) is 50.4 Å². The van der Waals surface area contributed by atoms with E-state index in [0.717, 1.165) is 17.9 Å². The summed E-state index contributed by atoms with van der Waals surface area (Å²) in [6, 6.07) is 16.1. The fraction of sp³-hybridized carbons (Fsp3) is 0.316. The van der Waals surface area contributed by atoms with Gasteiger partial charge in [0.15, 0.2) is 0 Å². The van der Waals surface area contributed by atoms with Gasteiger partial charge in [-0.25, -0.2) is 4.79 Å². The number of hydrogen-bond donors (Lipinski definition) is 2. The van der Waals surface area contributed by atoms with E-state index in [1.165, 1.54) is 16.0 Å². The lowest BCUT2D eigenvalue weighted by Crippen LogP contribution is -2.40. The highest BCUT2D eigenvalue weighted by molar-refractivity contribution is 7.99. The molecule has 0 radical (unpaired) electrons. The van der Waals surface area contributed by atoms with Crippen molar-refractivity contribution in [2.45, 2.75) is 24.3 Å². The molecule has 3 rings (SSSR count). The first-order valence-electron chi connectivity index (χ1n) is 8.18. The Bertz CT molecular complexity index is 688. The van der Waals surface area contributed by atoms with Crippen LogP contribution in [-0.4, -0.2) is 24.9 Å². The van der Waals surface area contributed by atoms with Crippen LogP contribution < -0.4 is 15.4 Å². The summed E-state index contributed by atoms with van der Waals surface area (Å²) in [4.78, 5) is 13.4. The molecule has 2 amide bonds. The zero-order chi connectivity index (χ0) is 16.8. The third-order valence-electron chi connectivity index (χ3n) is 3.94. The summed E-state index contributed by atoms with van der Waals surface area (Å²) in [6.45, 7) is 2.97. The minimum atomic E-state index is -0.144. The number of rotatable bonds is 5. The number of amides is 2. The second-order valence-corrected chi connectivity index (χ2v) is 6.93. The minimum Gasteiger partial charge on any atom is -0.492 e. The van der Waals surface area contributed by atoms with Crippen molar-refractivity contribution in [3.63, 3.8) is 0 Å². The Morgan fingerprint density at radius 3 is 2.83 bits per heavy atom. The van der Waals surface area contributed by atoms with Crippen molar-refractivity contribution in [2.75, 3.05) is 18.9 Å². The number of aryl methyl sites for hydroxylation is 1. The number of nitrogens with one attached hydrogen (secondary N) is 2. The van der Waals surface area contributed by atoms with E-state index in [-0.39, 0.29) is 12.1 Å². The summed E-state index contributed by atoms with van der Waals surface area (Å²) in [5.74, 6) is 1.85. The van der Waals surface area contributed by atoms with Gasteiger partial charge in [0, 0.05) is 10.6 Å². The van der Waals surface area contributed by atoms with E-state index in [0.29, 0.717) is 13.2 Å². The number of benzene rings is 2. The van der Waals surface area contributed by atoms with Crippen LogP contribution in [0.15, 0.2) is 53.4 Å². The van der Waals surface area contributed by atoms with Crippen LogP contribution in [0.5, 0.6) is 5.75 Å². The molecule has 1 aliphatic rings. The summed E-state index contributed by atoms with van der Waals surface area (Å²) in [6.07, 6.45) is 0.953. The van der Waals surface area contributed by atoms with Crippen molar-refractivity contribution in [1.82, 2.24) is 10.6 Å². The maximum absolute atomic E-state index is 12.1. The van der Waals surface area contributed by atoms with Gasteiger partial charge in [0.2, 0.25) is 0 Å². The molecule has 0 saturated heterocycles. The van der Waals surface area contributed by atoms with Gasteiger partial charge in [0.1, 0.15) is 12.4 Å². The van der Waals surface area contributed by atoms with Crippen molar-refractivity contribution in [3.8, 4) is 5.75 Å². The van der Waals surface area contributed by atoms with Gasteiger partial charge in [-0.15, -0.1) is 11.8 Å². The molecule has 24 heavy (non-hydrogen) atoms. The van der Waals surface area contributed by atoms with Crippen molar-refractivity contribution in [2.24, 2.45) is 0 Å². The van der Waals surface area contributed by atoms with Crippen LogP contribution in [0.4, 0.5) is 4.79 Å². The fourth-order valence-corrected chi connectivity index (χ4v) is 3.79. The lowest BCUT2D eigenvalue weighted by atomic mass is 10.0. The van der Waals surface area contributed by atoms with Crippen molar-refractivity contribution >= 4 is 17.8 Å². The lowest BCUT2D eigenvalue weighted by Gasteiger charge is -2.25. The third-order valence-corrected chi connectivity index (χ3v) is 5.06. The van der Waals surface area contributed by atoms with E-state index >= 15 is 0 Å². The van der Waals surface area contributed by atoms with Crippen LogP contribution in [0.25, 0.3) is 0 Å². The standard InChI is InChI=1S/C19H22N2O2S/c1-14-6-8-15(9-7-14)23-12-11-20-19(22)21-17-10-13-24-18-5-3-2-4-16(17)18/h2-9,17H,10-13H2,1H3,(H2,20,21,22). The van der Waals surface area contributed by atoms with Crippen molar-refractivity contribution < 1.29 is 9.53 Å². The molecule has 0 aliphatic carbocycles. The second kappa shape index (κ2) is 8.11. The highest BCUT2D eigenvalue weighted by atomic mass is 32.2. The Labute approximate surface area is 147 Å². The lowest BCUT2D eigenvalue weighted by molar-refractivity contribution is 0.232. The predicted molar refractivity (Wildman–Crippen MR) is 97.7 cm³/mol. The molecule has 4 nitrogen and oxygen atoms in total. The summed E-state index contributed by atoms with van der Waals surface area (Å²) in [7, 11) is 0.